The molecule has 1 saturated carbocycles. The SMILES string of the molecule is Cc1n[nH]c(C)c1NC(=O)C1CCCC1C. The largest absolute Gasteiger partial charge is 0.323 e. The van der Waals surface area contributed by atoms with Gasteiger partial charge in [0, 0.05) is 5.92 Å². The van der Waals surface area contributed by atoms with Crippen LogP contribution in [0.2, 0.25) is 0 Å². The van der Waals surface area contributed by atoms with Crippen molar-refractivity contribution in [2.75, 3.05) is 5.32 Å². The summed E-state index contributed by atoms with van der Waals surface area (Å²) in [6.45, 7) is 5.98. The third-order valence-corrected chi connectivity index (χ3v) is 3.57. The number of nitrogens with one attached hydrogen (secondary N) is 2. The second-order valence-corrected chi connectivity index (χ2v) is 4.81. The summed E-state index contributed by atoms with van der Waals surface area (Å²) < 4.78 is 0. The fourth-order valence-electron chi connectivity index (χ4n) is 2.49. The monoisotopic (exact) mass is 221 g/mol. The molecule has 0 saturated heterocycles. The Bertz CT molecular complexity index is 377. The quantitative estimate of drug-likeness (QED) is 0.805. The summed E-state index contributed by atoms with van der Waals surface area (Å²) in [6, 6.07) is 0. The Balaban J connectivity index is 2.07. The molecule has 4 heteroatoms. The van der Waals surface area contributed by atoms with Gasteiger partial charge in [0.1, 0.15) is 0 Å². The second-order valence-electron chi connectivity index (χ2n) is 4.81. The second kappa shape index (κ2) is 4.28. The van der Waals surface area contributed by atoms with Crippen LogP contribution in [0.15, 0.2) is 0 Å². The first-order valence-corrected chi connectivity index (χ1v) is 5.92. The number of amides is 1. The van der Waals surface area contributed by atoms with Crippen LogP contribution in [0.4, 0.5) is 5.69 Å². The smallest absolute Gasteiger partial charge is 0.227 e. The number of nitrogens with zero attached hydrogens (tertiary/aromatic N) is 1. The number of aromatic nitrogens is 2. The Morgan fingerprint density at radius 2 is 2.19 bits per heavy atom. The summed E-state index contributed by atoms with van der Waals surface area (Å²) in [5, 5.41) is 9.95. The molecule has 0 aliphatic heterocycles. The average Bonchev–Trinajstić information content (AvgIpc) is 2.79. The number of hydrogen-bond acceptors (Lipinski definition) is 2. The van der Waals surface area contributed by atoms with E-state index in [4.69, 9.17) is 0 Å². The van der Waals surface area contributed by atoms with E-state index >= 15 is 0 Å². The number of anilines is 1. The number of aryl methyl sites for hydroxylation is 2. The van der Waals surface area contributed by atoms with Crippen LogP contribution >= 0.6 is 0 Å². The Morgan fingerprint density at radius 3 is 2.69 bits per heavy atom. The lowest BCUT2D eigenvalue weighted by atomic mass is 9.97. The van der Waals surface area contributed by atoms with Crippen LogP contribution in [-0.2, 0) is 4.79 Å². The zero-order valence-electron chi connectivity index (χ0n) is 10.1. The van der Waals surface area contributed by atoms with Gasteiger partial charge in [0.25, 0.3) is 0 Å². The first-order chi connectivity index (χ1) is 7.59. The Kier molecular flexibility index (Phi) is 2.99. The van der Waals surface area contributed by atoms with Gasteiger partial charge < -0.3 is 5.32 Å². The van der Waals surface area contributed by atoms with E-state index in [2.05, 4.69) is 22.4 Å². The molecule has 1 fully saturated rings. The van der Waals surface area contributed by atoms with Crippen LogP contribution in [0.3, 0.4) is 0 Å². The van der Waals surface area contributed by atoms with Crippen molar-refractivity contribution in [1.29, 1.82) is 0 Å². The number of carbonyl (C=O) groups is 1. The first-order valence-electron chi connectivity index (χ1n) is 5.92. The molecular formula is C12H19N3O. The summed E-state index contributed by atoms with van der Waals surface area (Å²) >= 11 is 0. The fraction of sp³-hybridized carbons (Fsp3) is 0.667. The average molecular weight is 221 g/mol. The standard InChI is InChI=1S/C12H19N3O/c1-7-5-4-6-10(7)12(16)13-11-8(2)14-15-9(11)3/h7,10H,4-6H2,1-3H3,(H,13,16)(H,14,15). The fourth-order valence-corrected chi connectivity index (χ4v) is 2.49. The van der Waals surface area contributed by atoms with Gasteiger partial charge in [0.05, 0.1) is 17.1 Å². The van der Waals surface area contributed by atoms with Crippen molar-refractivity contribution in [3.05, 3.63) is 11.4 Å². The molecule has 1 aliphatic carbocycles. The molecule has 4 nitrogen and oxygen atoms in total. The molecule has 2 unspecified atom stereocenters. The highest BCUT2D eigenvalue weighted by atomic mass is 16.1. The van der Waals surface area contributed by atoms with E-state index in [1.807, 2.05) is 13.8 Å². The highest BCUT2D eigenvalue weighted by Crippen LogP contribution is 2.32. The minimum Gasteiger partial charge on any atom is -0.323 e. The molecule has 16 heavy (non-hydrogen) atoms. The van der Waals surface area contributed by atoms with E-state index in [9.17, 15) is 4.79 Å². The molecule has 2 atom stereocenters. The van der Waals surface area contributed by atoms with E-state index in [1.165, 1.54) is 12.8 Å². The van der Waals surface area contributed by atoms with E-state index in [1.54, 1.807) is 0 Å². The van der Waals surface area contributed by atoms with Crippen LogP contribution in [0.25, 0.3) is 0 Å². The van der Waals surface area contributed by atoms with Gasteiger partial charge in [-0.25, -0.2) is 0 Å². The molecule has 2 N–H and O–H groups in total. The van der Waals surface area contributed by atoms with Crippen molar-refractivity contribution in [3.8, 4) is 0 Å². The summed E-state index contributed by atoms with van der Waals surface area (Å²) in [7, 11) is 0. The molecule has 0 bridgehead atoms. The lowest BCUT2D eigenvalue weighted by molar-refractivity contribution is -0.120. The Labute approximate surface area is 95.8 Å². The maximum absolute atomic E-state index is 12.1. The van der Waals surface area contributed by atoms with Crippen molar-refractivity contribution in [2.45, 2.75) is 40.0 Å². The molecule has 1 aliphatic rings. The molecule has 2 rings (SSSR count). The summed E-state index contributed by atoms with van der Waals surface area (Å²) in [4.78, 5) is 12.1. The van der Waals surface area contributed by atoms with Crippen LogP contribution in [0.1, 0.15) is 37.6 Å². The van der Waals surface area contributed by atoms with Crippen LogP contribution in [-0.4, -0.2) is 16.1 Å². The van der Waals surface area contributed by atoms with Crippen molar-refractivity contribution in [1.82, 2.24) is 10.2 Å². The summed E-state index contributed by atoms with van der Waals surface area (Å²) in [6.07, 6.45) is 3.35. The molecule has 1 aromatic rings. The Hall–Kier alpha value is -1.32. The minimum atomic E-state index is 0.151. The summed E-state index contributed by atoms with van der Waals surface area (Å²) in [5.41, 5.74) is 2.64. The first kappa shape index (κ1) is 11.2. The van der Waals surface area contributed by atoms with Gasteiger partial charge in [0.15, 0.2) is 0 Å². The van der Waals surface area contributed by atoms with Crippen molar-refractivity contribution in [3.63, 3.8) is 0 Å². The van der Waals surface area contributed by atoms with Gasteiger partial charge >= 0.3 is 0 Å². The van der Waals surface area contributed by atoms with Crippen molar-refractivity contribution < 1.29 is 4.79 Å². The maximum Gasteiger partial charge on any atom is 0.227 e. The predicted octanol–water partition coefficient (Wildman–Crippen LogP) is 2.40. The normalized spacial score (nSPS) is 24.7. The topological polar surface area (TPSA) is 57.8 Å². The van der Waals surface area contributed by atoms with E-state index in [-0.39, 0.29) is 11.8 Å². The molecule has 0 radical (unpaired) electrons. The molecule has 0 aromatic carbocycles. The number of carbonyl (C=O) groups excluding carboxylic acids is 1. The zero-order chi connectivity index (χ0) is 11.7. The molecule has 1 aromatic heterocycles. The van der Waals surface area contributed by atoms with Gasteiger partial charge in [-0.2, -0.15) is 5.10 Å². The van der Waals surface area contributed by atoms with Crippen molar-refractivity contribution >= 4 is 11.6 Å². The van der Waals surface area contributed by atoms with Gasteiger partial charge in [0.2, 0.25) is 5.91 Å². The lowest BCUT2D eigenvalue weighted by Crippen LogP contribution is -2.25. The van der Waals surface area contributed by atoms with E-state index in [0.717, 1.165) is 23.5 Å². The number of H-pyrrole nitrogens is 1. The highest BCUT2D eigenvalue weighted by molar-refractivity contribution is 5.93. The minimum absolute atomic E-state index is 0.151. The number of aromatic amines is 1. The molecule has 88 valence electrons. The lowest BCUT2D eigenvalue weighted by Gasteiger charge is -2.15. The molecule has 1 amide bonds. The predicted molar refractivity (Wildman–Crippen MR) is 63.2 cm³/mol. The maximum atomic E-state index is 12.1. The van der Waals surface area contributed by atoms with Gasteiger partial charge in [-0.1, -0.05) is 13.3 Å². The summed E-state index contributed by atoms with van der Waals surface area (Å²) in [5.74, 6) is 0.832. The number of hydrogen-bond donors (Lipinski definition) is 2. The van der Waals surface area contributed by atoms with Crippen LogP contribution in [0, 0.1) is 25.7 Å². The van der Waals surface area contributed by atoms with Crippen LogP contribution < -0.4 is 5.32 Å². The van der Waals surface area contributed by atoms with Gasteiger partial charge in [-0.15, -0.1) is 0 Å². The Morgan fingerprint density at radius 1 is 1.44 bits per heavy atom. The zero-order valence-corrected chi connectivity index (χ0v) is 10.1. The molecule has 0 spiro atoms. The third-order valence-electron chi connectivity index (χ3n) is 3.57. The van der Waals surface area contributed by atoms with E-state index in [0.29, 0.717) is 5.92 Å². The van der Waals surface area contributed by atoms with Gasteiger partial charge in [-0.3, -0.25) is 9.89 Å². The highest BCUT2D eigenvalue weighted by Gasteiger charge is 2.30. The van der Waals surface area contributed by atoms with Crippen molar-refractivity contribution in [2.24, 2.45) is 11.8 Å². The third kappa shape index (κ3) is 1.96. The molecular weight excluding hydrogens is 202 g/mol. The van der Waals surface area contributed by atoms with E-state index < -0.39 is 0 Å². The number of rotatable bonds is 2. The van der Waals surface area contributed by atoms with Crippen LogP contribution in [0.5, 0.6) is 0 Å². The molecule has 1 heterocycles. The van der Waals surface area contributed by atoms with Gasteiger partial charge in [-0.05, 0) is 32.6 Å².